The molecule has 0 fully saturated rings. The lowest BCUT2D eigenvalue weighted by Crippen LogP contribution is -2.14. The number of hydrogen-bond donors (Lipinski definition) is 2. The lowest BCUT2D eigenvalue weighted by atomic mass is 10.1. The van der Waals surface area contributed by atoms with Crippen molar-refractivity contribution in [3.05, 3.63) is 39.5 Å². The maximum atomic E-state index is 12.7. The Morgan fingerprint density at radius 3 is 2.72 bits per heavy atom. The predicted molar refractivity (Wildman–Crippen MR) is 98.2 cm³/mol. The Morgan fingerprint density at radius 2 is 2.08 bits per heavy atom. The van der Waals surface area contributed by atoms with Gasteiger partial charge in [-0.2, -0.15) is 5.10 Å². The number of aromatic nitrogens is 3. The van der Waals surface area contributed by atoms with Gasteiger partial charge in [0.2, 0.25) is 0 Å². The van der Waals surface area contributed by atoms with Crippen LogP contribution < -0.4 is 11.1 Å². The van der Waals surface area contributed by atoms with Crippen LogP contribution in [0.5, 0.6) is 0 Å². The van der Waals surface area contributed by atoms with Gasteiger partial charge in [-0.25, -0.2) is 4.98 Å². The number of rotatable bonds is 4. The van der Waals surface area contributed by atoms with Crippen molar-refractivity contribution in [1.29, 1.82) is 0 Å². The maximum absolute atomic E-state index is 12.7. The molecule has 0 spiro atoms. The summed E-state index contributed by atoms with van der Waals surface area (Å²) in [6.07, 6.45) is 1.54. The molecular weight excluding hydrogens is 338 g/mol. The molecule has 130 valence electrons. The van der Waals surface area contributed by atoms with Crippen molar-refractivity contribution in [2.24, 2.45) is 12.8 Å². The van der Waals surface area contributed by atoms with Crippen LogP contribution in [0.3, 0.4) is 0 Å². The number of hydrogen-bond acceptors (Lipinski definition) is 6. The number of nitrogens with zero attached hydrogens (tertiary/aromatic N) is 3. The van der Waals surface area contributed by atoms with Crippen molar-refractivity contribution in [2.45, 2.75) is 27.3 Å². The summed E-state index contributed by atoms with van der Waals surface area (Å²) in [6, 6.07) is 1.78. The Bertz CT molecular complexity index is 1000. The maximum Gasteiger partial charge on any atom is 0.267 e. The summed E-state index contributed by atoms with van der Waals surface area (Å²) in [7, 11) is 1.81. The van der Waals surface area contributed by atoms with Gasteiger partial charge >= 0.3 is 0 Å². The second kappa shape index (κ2) is 6.38. The third kappa shape index (κ3) is 2.94. The third-order valence-corrected chi connectivity index (χ3v) is 5.52. The van der Waals surface area contributed by atoms with Gasteiger partial charge in [0.05, 0.1) is 4.88 Å². The largest absolute Gasteiger partial charge is 0.326 e. The molecule has 8 heteroatoms. The fourth-order valence-corrected chi connectivity index (χ4v) is 3.70. The summed E-state index contributed by atoms with van der Waals surface area (Å²) >= 11 is 1.30. The number of Topliss-reactive ketones (excluding diaryl/α,β-unsaturated/α-hetero) is 1. The molecule has 3 heterocycles. The Labute approximate surface area is 148 Å². The highest BCUT2D eigenvalue weighted by Gasteiger charge is 2.20. The van der Waals surface area contributed by atoms with Gasteiger partial charge in [0, 0.05) is 42.0 Å². The van der Waals surface area contributed by atoms with E-state index in [4.69, 9.17) is 5.73 Å². The predicted octanol–water partition coefficient (Wildman–Crippen LogP) is 2.56. The molecule has 0 saturated carbocycles. The minimum absolute atomic E-state index is 0.0532. The van der Waals surface area contributed by atoms with Crippen molar-refractivity contribution in [3.8, 4) is 0 Å². The average molecular weight is 357 g/mol. The van der Waals surface area contributed by atoms with Crippen molar-refractivity contribution in [2.75, 3.05) is 5.32 Å². The van der Waals surface area contributed by atoms with Crippen LogP contribution in [0.1, 0.15) is 43.8 Å². The summed E-state index contributed by atoms with van der Waals surface area (Å²) in [5.41, 5.74) is 8.83. The topological polar surface area (TPSA) is 103 Å². The van der Waals surface area contributed by atoms with E-state index >= 15 is 0 Å². The van der Waals surface area contributed by atoms with Crippen LogP contribution in [-0.4, -0.2) is 26.5 Å². The highest BCUT2D eigenvalue weighted by molar-refractivity contribution is 7.20. The standard InChI is InChI=1S/C17H19N5O2S/c1-8-12-5-11(10(3)23)7-19-17(12)25-14(8)16(24)20-15-13(6-18)9(2)22(4)21-15/h5,7H,6,18H2,1-4H3,(H,20,21,24). The summed E-state index contributed by atoms with van der Waals surface area (Å²) in [5, 5.41) is 7.98. The number of nitrogens with one attached hydrogen (secondary N) is 1. The van der Waals surface area contributed by atoms with E-state index < -0.39 is 0 Å². The van der Waals surface area contributed by atoms with Crippen molar-refractivity contribution < 1.29 is 9.59 Å². The van der Waals surface area contributed by atoms with E-state index in [0.717, 1.165) is 27.0 Å². The molecule has 0 radical (unpaired) electrons. The van der Waals surface area contributed by atoms with Gasteiger partial charge in [0.25, 0.3) is 5.91 Å². The number of anilines is 1. The first-order chi connectivity index (χ1) is 11.8. The van der Waals surface area contributed by atoms with E-state index in [1.807, 2.05) is 20.9 Å². The van der Waals surface area contributed by atoms with Gasteiger partial charge in [0.1, 0.15) is 4.83 Å². The van der Waals surface area contributed by atoms with Crippen LogP contribution in [0, 0.1) is 13.8 Å². The van der Waals surface area contributed by atoms with Gasteiger partial charge in [0.15, 0.2) is 11.6 Å². The van der Waals surface area contributed by atoms with Crippen LogP contribution >= 0.6 is 11.3 Å². The number of ketones is 1. The fraction of sp³-hybridized carbons (Fsp3) is 0.294. The molecule has 0 aromatic carbocycles. The van der Waals surface area contributed by atoms with Crippen molar-refractivity contribution in [1.82, 2.24) is 14.8 Å². The first-order valence-corrected chi connectivity index (χ1v) is 8.59. The molecule has 0 saturated heterocycles. The Kier molecular flexibility index (Phi) is 4.40. The van der Waals surface area contributed by atoms with Gasteiger partial charge in [-0.05, 0) is 32.4 Å². The second-order valence-electron chi connectivity index (χ2n) is 5.88. The van der Waals surface area contributed by atoms with E-state index in [2.05, 4.69) is 15.4 Å². The highest BCUT2D eigenvalue weighted by Crippen LogP contribution is 2.31. The smallest absolute Gasteiger partial charge is 0.267 e. The average Bonchev–Trinajstić information content (AvgIpc) is 3.04. The monoisotopic (exact) mass is 357 g/mol. The molecule has 3 rings (SSSR count). The summed E-state index contributed by atoms with van der Waals surface area (Å²) in [4.78, 5) is 29.9. The molecule has 25 heavy (non-hydrogen) atoms. The number of carbonyl (C=O) groups is 2. The van der Waals surface area contributed by atoms with Gasteiger partial charge in [-0.1, -0.05) is 0 Å². The minimum atomic E-state index is -0.252. The SMILES string of the molecule is CC(=O)c1cnc2sc(C(=O)Nc3nn(C)c(C)c3CN)c(C)c2c1. The lowest BCUT2D eigenvalue weighted by Gasteiger charge is -2.03. The minimum Gasteiger partial charge on any atom is -0.326 e. The number of carbonyl (C=O) groups excluding carboxylic acids is 2. The zero-order valence-electron chi connectivity index (χ0n) is 14.5. The molecular formula is C17H19N5O2S. The Balaban J connectivity index is 1.99. The highest BCUT2D eigenvalue weighted by atomic mass is 32.1. The number of thiophene rings is 1. The van der Waals surface area contributed by atoms with Gasteiger partial charge in [-0.15, -0.1) is 11.3 Å². The van der Waals surface area contributed by atoms with Crippen molar-refractivity contribution in [3.63, 3.8) is 0 Å². The molecule has 3 aromatic rings. The van der Waals surface area contributed by atoms with Crippen LogP contribution in [0.15, 0.2) is 12.3 Å². The van der Waals surface area contributed by atoms with Gasteiger partial charge < -0.3 is 11.1 Å². The van der Waals surface area contributed by atoms with E-state index in [9.17, 15) is 9.59 Å². The Morgan fingerprint density at radius 1 is 1.36 bits per heavy atom. The molecule has 3 N–H and O–H groups in total. The third-order valence-electron chi connectivity index (χ3n) is 4.30. The quantitative estimate of drug-likeness (QED) is 0.699. The molecule has 0 bridgehead atoms. The van der Waals surface area contributed by atoms with E-state index in [1.54, 1.807) is 10.7 Å². The van der Waals surface area contributed by atoms with Crippen LogP contribution in [0.25, 0.3) is 10.2 Å². The van der Waals surface area contributed by atoms with Crippen LogP contribution in [0.2, 0.25) is 0 Å². The first-order valence-electron chi connectivity index (χ1n) is 7.77. The molecule has 0 atom stereocenters. The van der Waals surface area contributed by atoms with E-state index in [0.29, 0.717) is 22.8 Å². The first kappa shape index (κ1) is 17.2. The van der Waals surface area contributed by atoms with Crippen LogP contribution in [-0.2, 0) is 13.6 Å². The zero-order valence-corrected chi connectivity index (χ0v) is 15.3. The molecule has 7 nitrogen and oxygen atoms in total. The lowest BCUT2D eigenvalue weighted by molar-refractivity contribution is 0.101. The van der Waals surface area contributed by atoms with Crippen LogP contribution in [0.4, 0.5) is 5.82 Å². The second-order valence-corrected chi connectivity index (χ2v) is 6.88. The number of amides is 1. The number of nitrogens with two attached hydrogens (primary N) is 1. The number of fused-ring (bicyclic) bond motifs is 1. The number of aryl methyl sites for hydroxylation is 2. The molecule has 0 unspecified atom stereocenters. The summed E-state index contributed by atoms with van der Waals surface area (Å²) < 4.78 is 1.69. The summed E-state index contributed by atoms with van der Waals surface area (Å²) in [5.74, 6) is 0.168. The summed E-state index contributed by atoms with van der Waals surface area (Å²) in [6.45, 7) is 5.55. The number of pyridine rings is 1. The van der Waals surface area contributed by atoms with Gasteiger partial charge in [-0.3, -0.25) is 14.3 Å². The Hall–Kier alpha value is -2.58. The molecule has 0 aliphatic carbocycles. The van der Waals surface area contributed by atoms with Crippen molar-refractivity contribution >= 4 is 39.1 Å². The normalized spacial score (nSPS) is 11.1. The molecule has 0 aliphatic rings. The fourth-order valence-electron chi connectivity index (χ4n) is 2.67. The molecule has 1 amide bonds. The van der Waals surface area contributed by atoms with E-state index in [-0.39, 0.29) is 11.7 Å². The zero-order chi connectivity index (χ0) is 18.3. The molecule has 3 aromatic heterocycles. The van der Waals surface area contributed by atoms with E-state index in [1.165, 1.54) is 24.5 Å². The molecule has 0 aliphatic heterocycles.